The molecule has 1 radical (unpaired) electrons. The second-order valence-electron chi connectivity index (χ2n) is 1.07. The highest BCUT2D eigenvalue weighted by molar-refractivity contribution is 5.71. The quantitative estimate of drug-likeness (QED) is 0.436. The molecule has 0 aliphatic heterocycles. The van der Waals surface area contributed by atoms with Gasteiger partial charge in [0.15, 0.2) is 6.10 Å². The second-order valence-corrected chi connectivity index (χ2v) is 1.07. The second kappa shape index (κ2) is 2.54. The van der Waals surface area contributed by atoms with Crippen molar-refractivity contribution in [3.05, 3.63) is 0 Å². The SMILES string of the molecule is NCC(O)C([O])=O. The topological polar surface area (TPSA) is 83.2 Å². The van der Waals surface area contributed by atoms with Crippen molar-refractivity contribution in [3.63, 3.8) is 0 Å². The summed E-state index contributed by atoms with van der Waals surface area (Å²) in [5.74, 6) is -1.53. The summed E-state index contributed by atoms with van der Waals surface area (Å²) < 4.78 is 0. The van der Waals surface area contributed by atoms with Gasteiger partial charge in [-0.15, -0.1) is 0 Å². The fraction of sp³-hybridized carbons (Fsp3) is 0.667. The van der Waals surface area contributed by atoms with Crippen LogP contribution < -0.4 is 5.73 Å². The molecule has 0 aromatic heterocycles. The molecular formula is C3H6NO3. The molecule has 0 saturated heterocycles. The van der Waals surface area contributed by atoms with E-state index >= 15 is 0 Å². The smallest absolute Gasteiger partial charge is 0.380 e. The third-order valence-corrected chi connectivity index (χ3v) is 0.495. The molecule has 0 saturated carbocycles. The molecule has 4 heteroatoms. The van der Waals surface area contributed by atoms with Gasteiger partial charge in [0.05, 0.1) is 0 Å². The van der Waals surface area contributed by atoms with E-state index in [1.54, 1.807) is 0 Å². The molecule has 41 valence electrons. The van der Waals surface area contributed by atoms with Crippen LogP contribution in [-0.4, -0.2) is 23.7 Å². The van der Waals surface area contributed by atoms with E-state index in [1.165, 1.54) is 0 Å². The van der Waals surface area contributed by atoms with Crippen LogP contribution in [0.25, 0.3) is 0 Å². The molecule has 0 spiro atoms. The summed E-state index contributed by atoms with van der Waals surface area (Å²) in [6, 6.07) is 0. The lowest BCUT2D eigenvalue weighted by atomic mass is 10.4. The van der Waals surface area contributed by atoms with Crippen LogP contribution in [0.1, 0.15) is 0 Å². The Bertz CT molecular complexity index is 72.6. The van der Waals surface area contributed by atoms with Crippen molar-refractivity contribution in [2.75, 3.05) is 6.54 Å². The number of carbonyl (C=O) groups excluding carboxylic acids is 1. The minimum atomic E-state index is -1.53. The van der Waals surface area contributed by atoms with E-state index in [4.69, 9.17) is 10.8 Å². The predicted octanol–water partition coefficient (Wildman–Crippen LogP) is -1.74. The van der Waals surface area contributed by atoms with Crippen LogP contribution in [0.2, 0.25) is 0 Å². The zero-order chi connectivity index (χ0) is 5.86. The lowest BCUT2D eigenvalue weighted by Gasteiger charge is -1.93. The van der Waals surface area contributed by atoms with Crippen molar-refractivity contribution < 1.29 is 15.0 Å². The van der Waals surface area contributed by atoms with E-state index in [1.807, 2.05) is 0 Å². The Morgan fingerprint density at radius 3 is 2.29 bits per heavy atom. The summed E-state index contributed by atoms with van der Waals surface area (Å²) in [5, 5.41) is 17.6. The molecule has 1 atom stereocenters. The Hall–Kier alpha value is -0.610. The summed E-state index contributed by atoms with van der Waals surface area (Å²) in [6.45, 7) is -0.289. The highest BCUT2D eigenvalue weighted by atomic mass is 16.4. The number of nitrogens with two attached hydrogens (primary N) is 1. The van der Waals surface area contributed by atoms with Crippen molar-refractivity contribution in [3.8, 4) is 0 Å². The van der Waals surface area contributed by atoms with Gasteiger partial charge < -0.3 is 10.8 Å². The zero-order valence-electron chi connectivity index (χ0n) is 3.63. The number of carbonyl (C=O) groups is 1. The van der Waals surface area contributed by atoms with Crippen molar-refractivity contribution in [2.24, 2.45) is 5.73 Å². The molecule has 0 aliphatic rings. The minimum Gasteiger partial charge on any atom is -0.380 e. The normalized spacial score (nSPS) is 13.4. The Morgan fingerprint density at radius 1 is 1.86 bits per heavy atom. The fourth-order valence-corrected chi connectivity index (χ4v) is 0.0962. The Labute approximate surface area is 40.6 Å². The maximum atomic E-state index is 9.49. The van der Waals surface area contributed by atoms with Gasteiger partial charge in [-0.1, -0.05) is 0 Å². The van der Waals surface area contributed by atoms with Crippen molar-refractivity contribution in [1.29, 1.82) is 0 Å². The molecule has 7 heavy (non-hydrogen) atoms. The van der Waals surface area contributed by atoms with Gasteiger partial charge in [0, 0.05) is 6.54 Å². The molecule has 0 rings (SSSR count). The Balaban J connectivity index is 3.34. The van der Waals surface area contributed by atoms with Crippen molar-refractivity contribution >= 4 is 5.97 Å². The Kier molecular flexibility index (Phi) is 2.32. The van der Waals surface area contributed by atoms with E-state index in [2.05, 4.69) is 0 Å². The van der Waals surface area contributed by atoms with Crippen LogP contribution in [-0.2, 0) is 9.90 Å². The summed E-state index contributed by atoms with van der Waals surface area (Å²) in [7, 11) is 0. The lowest BCUT2D eigenvalue weighted by Crippen LogP contribution is -2.27. The van der Waals surface area contributed by atoms with Gasteiger partial charge >= 0.3 is 5.97 Å². The standard InChI is InChI=1S/C3H6NO3/c4-1-2(5)3(6)7/h2,5H,1,4H2. The first kappa shape index (κ1) is 6.39. The van der Waals surface area contributed by atoms with Crippen LogP contribution in [0.5, 0.6) is 0 Å². The fourth-order valence-electron chi connectivity index (χ4n) is 0.0962. The average molecular weight is 104 g/mol. The number of hydrogen-bond donors (Lipinski definition) is 2. The molecule has 4 nitrogen and oxygen atoms in total. The van der Waals surface area contributed by atoms with Gasteiger partial charge in [-0.2, -0.15) is 0 Å². The number of aliphatic hydroxyl groups excluding tert-OH is 1. The van der Waals surface area contributed by atoms with Crippen LogP contribution in [0.4, 0.5) is 0 Å². The molecule has 3 N–H and O–H groups in total. The molecule has 1 unspecified atom stereocenters. The van der Waals surface area contributed by atoms with Gasteiger partial charge in [-0.05, 0) is 0 Å². The maximum absolute atomic E-state index is 9.49. The predicted molar refractivity (Wildman–Crippen MR) is 20.8 cm³/mol. The van der Waals surface area contributed by atoms with Gasteiger partial charge in [-0.25, -0.2) is 9.90 Å². The summed E-state index contributed by atoms with van der Waals surface area (Å²) in [6.07, 6.45) is -1.51. The van der Waals surface area contributed by atoms with E-state index in [0.717, 1.165) is 0 Å². The van der Waals surface area contributed by atoms with Crippen LogP contribution in [0.15, 0.2) is 0 Å². The summed E-state index contributed by atoms with van der Waals surface area (Å²) >= 11 is 0. The van der Waals surface area contributed by atoms with Gasteiger partial charge in [0.2, 0.25) is 0 Å². The molecule has 0 aliphatic carbocycles. The highest BCUT2D eigenvalue weighted by Crippen LogP contribution is 1.74. The first-order valence-electron chi connectivity index (χ1n) is 1.77. The first-order chi connectivity index (χ1) is 3.18. The van der Waals surface area contributed by atoms with E-state index < -0.39 is 12.1 Å². The lowest BCUT2D eigenvalue weighted by molar-refractivity contribution is -0.152. The molecule has 0 aromatic rings. The Morgan fingerprint density at radius 2 is 2.29 bits per heavy atom. The minimum absolute atomic E-state index is 0.289. The van der Waals surface area contributed by atoms with E-state index in [0.29, 0.717) is 0 Å². The van der Waals surface area contributed by atoms with Crippen LogP contribution in [0, 0.1) is 0 Å². The molecule has 0 aromatic carbocycles. The summed E-state index contributed by atoms with van der Waals surface area (Å²) in [5.41, 5.74) is 4.70. The molecule has 0 fully saturated rings. The zero-order valence-corrected chi connectivity index (χ0v) is 3.63. The van der Waals surface area contributed by atoms with Crippen LogP contribution in [0.3, 0.4) is 0 Å². The van der Waals surface area contributed by atoms with Crippen molar-refractivity contribution in [1.82, 2.24) is 0 Å². The first-order valence-corrected chi connectivity index (χ1v) is 1.77. The monoisotopic (exact) mass is 104 g/mol. The average Bonchev–Trinajstić information content (AvgIpc) is 1.65. The number of aliphatic hydroxyl groups is 1. The largest absolute Gasteiger partial charge is 0.384 e. The number of rotatable bonds is 2. The van der Waals surface area contributed by atoms with E-state index in [-0.39, 0.29) is 6.54 Å². The van der Waals surface area contributed by atoms with Crippen LogP contribution >= 0.6 is 0 Å². The highest BCUT2D eigenvalue weighted by Gasteiger charge is 2.10. The third-order valence-electron chi connectivity index (χ3n) is 0.495. The molecular weight excluding hydrogens is 98.0 g/mol. The van der Waals surface area contributed by atoms with Gasteiger partial charge in [0.1, 0.15) is 0 Å². The molecule has 0 bridgehead atoms. The third kappa shape index (κ3) is 2.13. The van der Waals surface area contributed by atoms with Crippen molar-refractivity contribution in [2.45, 2.75) is 6.10 Å². The maximum Gasteiger partial charge on any atom is 0.384 e. The summed E-state index contributed by atoms with van der Waals surface area (Å²) in [4.78, 5) is 9.49. The molecule has 0 amide bonds. The van der Waals surface area contributed by atoms with Gasteiger partial charge in [0.25, 0.3) is 0 Å². The van der Waals surface area contributed by atoms with Gasteiger partial charge in [-0.3, -0.25) is 0 Å². The van der Waals surface area contributed by atoms with E-state index in [9.17, 15) is 9.90 Å². The molecule has 0 heterocycles. The number of hydrogen-bond acceptors (Lipinski definition) is 3.